The highest BCUT2D eigenvalue weighted by atomic mass is 16.6. The zero-order valence-electron chi connectivity index (χ0n) is 7.53. The minimum absolute atomic E-state index is 0.00238. The molecule has 0 spiro atoms. The van der Waals surface area contributed by atoms with E-state index >= 15 is 0 Å². The van der Waals surface area contributed by atoms with Crippen molar-refractivity contribution < 1.29 is 19.3 Å². The van der Waals surface area contributed by atoms with E-state index in [0.29, 0.717) is 6.61 Å². The van der Waals surface area contributed by atoms with E-state index in [9.17, 15) is 0 Å². The monoisotopic (exact) mass is 176 g/mol. The third kappa shape index (κ3) is 2.17. The Labute approximate surface area is 72.4 Å². The number of hydrogen-bond acceptors (Lipinski definition) is 4. The topological polar surface area (TPSA) is 47.9 Å². The van der Waals surface area contributed by atoms with Crippen LogP contribution in [0.3, 0.4) is 0 Å². The molecule has 0 aliphatic carbocycles. The molecular weight excluding hydrogens is 160 g/mol. The van der Waals surface area contributed by atoms with E-state index in [0.717, 1.165) is 6.42 Å². The smallest absolute Gasteiger partial charge is 0.106 e. The second-order valence-electron chi connectivity index (χ2n) is 2.92. The second kappa shape index (κ2) is 4.77. The minimum Gasteiger partial charge on any atom is -0.394 e. The average molecular weight is 176 g/mol. The molecule has 0 aromatic heterocycles. The highest BCUT2D eigenvalue weighted by Crippen LogP contribution is 2.19. The van der Waals surface area contributed by atoms with Crippen LogP contribution in [-0.2, 0) is 14.2 Å². The van der Waals surface area contributed by atoms with E-state index in [1.165, 1.54) is 0 Å². The average Bonchev–Trinajstić information content (AvgIpc) is 2.55. The highest BCUT2D eigenvalue weighted by molar-refractivity contribution is 4.80. The van der Waals surface area contributed by atoms with Crippen molar-refractivity contribution in [3.8, 4) is 0 Å². The minimum atomic E-state index is -0.217. The normalized spacial score (nSPS) is 32.2. The number of rotatable bonds is 4. The number of methoxy groups -OCH3 is 2. The van der Waals surface area contributed by atoms with Crippen molar-refractivity contribution in [3.63, 3.8) is 0 Å². The van der Waals surface area contributed by atoms with Gasteiger partial charge in [0.2, 0.25) is 0 Å². The van der Waals surface area contributed by atoms with E-state index in [2.05, 4.69) is 0 Å². The summed E-state index contributed by atoms with van der Waals surface area (Å²) in [5.74, 6) is 0. The Morgan fingerprint density at radius 2 is 2.33 bits per heavy atom. The molecule has 12 heavy (non-hydrogen) atoms. The molecule has 0 bridgehead atoms. The first-order chi connectivity index (χ1) is 5.81. The van der Waals surface area contributed by atoms with Gasteiger partial charge in [-0.1, -0.05) is 0 Å². The zero-order valence-corrected chi connectivity index (χ0v) is 7.53. The van der Waals surface area contributed by atoms with Crippen LogP contribution in [-0.4, -0.2) is 50.9 Å². The number of aliphatic hydroxyl groups is 1. The summed E-state index contributed by atoms with van der Waals surface area (Å²) in [6.07, 6.45) is 0.713. The number of ether oxygens (including phenoxy) is 3. The first-order valence-corrected chi connectivity index (χ1v) is 4.09. The van der Waals surface area contributed by atoms with Crippen molar-refractivity contribution in [2.75, 3.05) is 27.4 Å². The van der Waals surface area contributed by atoms with Crippen LogP contribution in [0.2, 0.25) is 0 Å². The van der Waals surface area contributed by atoms with Gasteiger partial charge in [-0.05, 0) is 0 Å². The van der Waals surface area contributed by atoms with Gasteiger partial charge in [0.05, 0.1) is 25.4 Å². The van der Waals surface area contributed by atoms with Crippen LogP contribution >= 0.6 is 0 Å². The van der Waals surface area contributed by atoms with Crippen molar-refractivity contribution >= 4 is 0 Å². The Hall–Kier alpha value is -0.160. The van der Waals surface area contributed by atoms with E-state index in [-0.39, 0.29) is 24.9 Å². The Kier molecular flexibility index (Phi) is 3.94. The first kappa shape index (κ1) is 9.92. The lowest BCUT2D eigenvalue weighted by Crippen LogP contribution is -2.31. The molecule has 0 radical (unpaired) electrons. The molecule has 0 amide bonds. The van der Waals surface area contributed by atoms with Crippen LogP contribution < -0.4 is 0 Å². The molecule has 0 saturated carbocycles. The fourth-order valence-corrected chi connectivity index (χ4v) is 1.39. The fraction of sp³-hybridized carbons (Fsp3) is 1.00. The summed E-state index contributed by atoms with van der Waals surface area (Å²) in [6.45, 7) is 0.596. The predicted molar refractivity (Wildman–Crippen MR) is 43.0 cm³/mol. The third-order valence-corrected chi connectivity index (χ3v) is 2.22. The SMILES string of the molecule is CO[C@H]1CO[C@H]([C@H](CO)OC)C1. The standard InChI is InChI=1S/C8H16O4/c1-10-6-3-7(12-5-6)8(4-9)11-2/h6-9H,3-5H2,1-2H3/t6-,7+,8+/m1/s1. The summed E-state index contributed by atoms with van der Waals surface area (Å²) in [7, 11) is 3.24. The van der Waals surface area contributed by atoms with Crippen LogP contribution in [0, 0.1) is 0 Å². The van der Waals surface area contributed by atoms with Crippen molar-refractivity contribution in [1.82, 2.24) is 0 Å². The highest BCUT2D eigenvalue weighted by Gasteiger charge is 2.31. The Morgan fingerprint density at radius 3 is 2.75 bits per heavy atom. The largest absolute Gasteiger partial charge is 0.394 e. The van der Waals surface area contributed by atoms with Crippen LogP contribution in [0.4, 0.5) is 0 Å². The molecule has 1 aliphatic rings. The summed E-state index contributed by atoms with van der Waals surface area (Å²) in [4.78, 5) is 0. The Bertz CT molecular complexity index is 124. The van der Waals surface area contributed by atoms with Gasteiger partial charge in [-0.2, -0.15) is 0 Å². The van der Waals surface area contributed by atoms with Gasteiger partial charge in [-0.3, -0.25) is 0 Å². The second-order valence-corrected chi connectivity index (χ2v) is 2.92. The van der Waals surface area contributed by atoms with Crippen LogP contribution in [0.1, 0.15) is 6.42 Å². The number of hydrogen-bond donors (Lipinski definition) is 1. The van der Waals surface area contributed by atoms with Crippen LogP contribution in [0.5, 0.6) is 0 Å². The molecule has 1 N–H and O–H groups in total. The maximum absolute atomic E-state index is 8.90. The quantitative estimate of drug-likeness (QED) is 0.644. The maximum atomic E-state index is 8.90. The van der Waals surface area contributed by atoms with E-state index in [1.807, 2.05) is 0 Å². The lowest BCUT2D eigenvalue weighted by atomic mass is 10.1. The molecule has 72 valence electrons. The molecule has 4 nitrogen and oxygen atoms in total. The van der Waals surface area contributed by atoms with Gasteiger partial charge in [0.25, 0.3) is 0 Å². The molecule has 0 unspecified atom stereocenters. The molecular formula is C8H16O4. The summed E-state index contributed by atoms with van der Waals surface area (Å²) in [5, 5.41) is 8.90. The van der Waals surface area contributed by atoms with Gasteiger partial charge < -0.3 is 19.3 Å². The molecule has 3 atom stereocenters. The van der Waals surface area contributed by atoms with E-state index in [4.69, 9.17) is 19.3 Å². The van der Waals surface area contributed by atoms with Gasteiger partial charge in [-0.25, -0.2) is 0 Å². The maximum Gasteiger partial charge on any atom is 0.106 e. The first-order valence-electron chi connectivity index (χ1n) is 4.09. The Morgan fingerprint density at radius 1 is 1.58 bits per heavy atom. The molecule has 4 heteroatoms. The molecule has 1 saturated heterocycles. The lowest BCUT2D eigenvalue weighted by molar-refractivity contribution is -0.0521. The summed E-state index contributed by atoms with van der Waals surface area (Å²) in [5.41, 5.74) is 0. The summed E-state index contributed by atoms with van der Waals surface area (Å²) < 4.78 is 15.6. The molecule has 1 heterocycles. The summed E-state index contributed by atoms with van der Waals surface area (Å²) in [6, 6.07) is 0. The van der Waals surface area contributed by atoms with Gasteiger partial charge in [0.1, 0.15) is 6.10 Å². The fourth-order valence-electron chi connectivity index (χ4n) is 1.39. The van der Waals surface area contributed by atoms with Crippen molar-refractivity contribution in [1.29, 1.82) is 0 Å². The van der Waals surface area contributed by atoms with Crippen molar-refractivity contribution in [2.24, 2.45) is 0 Å². The predicted octanol–water partition coefficient (Wildman–Crippen LogP) is -0.202. The molecule has 0 aromatic carbocycles. The van der Waals surface area contributed by atoms with Gasteiger partial charge in [0, 0.05) is 20.6 Å². The molecule has 0 aromatic rings. The molecule has 1 rings (SSSR count). The van der Waals surface area contributed by atoms with Gasteiger partial charge in [0.15, 0.2) is 0 Å². The molecule has 1 fully saturated rings. The number of aliphatic hydroxyl groups excluding tert-OH is 1. The summed E-state index contributed by atoms with van der Waals surface area (Å²) >= 11 is 0. The molecule has 1 aliphatic heterocycles. The third-order valence-electron chi connectivity index (χ3n) is 2.22. The van der Waals surface area contributed by atoms with Crippen LogP contribution in [0.25, 0.3) is 0 Å². The van der Waals surface area contributed by atoms with Crippen LogP contribution in [0.15, 0.2) is 0 Å². The van der Waals surface area contributed by atoms with Gasteiger partial charge >= 0.3 is 0 Å². The Balaban J connectivity index is 2.34. The van der Waals surface area contributed by atoms with Crippen molar-refractivity contribution in [2.45, 2.75) is 24.7 Å². The van der Waals surface area contributed by atoms with Crippen molar-refractivity contribution in [3.05, 3.63) is 0 Å². The lowest BCUT2D eigenvalue weighted by Gasteiger charge is -2.18. The van der Waals surface area contributed by atoms with Gasteiger partial charge in [-0.15, -0.1) is 0 Å². The van der Waals surface area contributed by atoms with E-state index in [1.54, 1.807) is 14.2 Å². The zero-order chi connectivity index (χ0) is 8.97. The van der Waals surface area contributed by atoms with E-state index < -0.39 is 0 Å².